The molecule has 0 aromatic heterocycles. The third-order valence-electron chi connectivity index (χ3n) is 1.83. The van der Waals surface area contributed by atoms with Gasteiger partial charge in [-0.1, -0.05) is 36.7 Å². The van der Waals surface area contributed by atoms with Gasteiger partial charge in [0.1, 0.15) is 0 Å². The molecule has 1 aliphatic heterocycles. The standard InChI is InChI=1S/C8H4BrNO2.C3H5O.C2H6O.C2H6.W/c9-4-1-2-6-5(3-4)7(11)8(12)10-6;1-2-3-4;1-2-3;1-2;/h1-3H,(H,10,11,12);2H2,1H3;3H,2H2,1H3;1-2H3;/q;-1;;;. The summed E-state index contributed by atoms with van der Waals surface area (Å²) in [4.78, 5) is 31.0. The van der Waals surface area contributed by atoms with Crippen molar-refractivity contribution < 1.29 is 40.6 Å². The van der Waals surface area contributed by atoms with Crippen LogP contribution in [0.1, 0.15) is 44.5 Å². The van der Waals surface area contributed by atoms with Crippen molar-refractivity contribution in [1.29, 1.82) is 0 Å². The summed E-state index contributed by atoms with van der Waals surface area (Å²) in [7, 11) is 0. The van der Waals surface area contributed by atoms with E-state index in [1.54, 1.807) is 38.3 Å². The predicted molar refractivity (Wildman–Crippen MR) is 87.2 cm³/mol. The van der Waals surface area contributed by atoms with Crippen LogP contribution in [-0.4, -0.2) is 29.7 Å². The van der Waals surface area contributed by atoms with E-state index in [0.717, 1.165) is 4.47 Å². The minimum absolute atomic E-state index is 0. The third-order valence-corrected chi connectivity index (χ3v) is 2.32. The van der Waals surface area contributed by atoms with E-state index in [2.05, 4.69) is 21.2 Å². The Morgan fingerprint density at radius 3 is 2.09 bits per heavy atom. The molecule has 1 aliphatic rings. The van der Waals surface area contributed by atoms with Gasteiger partial charge in [0.2, 0.25) is 0 Å². The summed E-state index contributed by atoms with van der Waals surface area (Å²) >= 11 is 3.22. The summed E-state index contributed by atoms with van der Waals surface area (Å²) in [6.07, 6.45) is 2.19. The van der Waals surface area contributed by atoms with Crippen molar-refractivity contribution in [3.8, 4) is 0 Å². The molecular weight excluding hydrogens is 522 g/mol. The van der Waals surface area contributed by atoms with Crippen LogP contribution in [0.15, 0.2) is 22.7 Å². The van der Waals surface area contributed by atoms with E-state index < -0.39 is 11.7 Å². The first kappa shape index (κ1) is 26.1. The molecule has 0 spiro atoms. The van der Waals surface area contributed by atoms with Crippen LogP contribution < -0.4 is 5.32 Å². The number of fused-ring (bicyclic) bond motifs is 1. The smallest absolute Gasteiger partial charge is 0.296 e. The number of amides is 1. The number of rotatable bonds is 1. The Bertz CT molecular complexity index is 467. The Hall–Kier alpha value is -0.842. The molecule has 0 bridgehead atoms. The van der Waals surface area contributed by atoms with E-state index in [0.29, 0.717) is 17.7 Å². The molecule has 0 saturated heterocycles. The van der Waals surface area contributed by atoms with E-state index in [1.807, 2.05) is 13.8 Å². The van der Waals surface area contributed by atoms with Crippen LogP contribution in [0.5, 0.6) is 0 Å². The fraction of sp³-hybridized carbons (Fsp3) is 0.400. The largest absolute Gasteiger partial charge is 0.542 e. The molecule has 0 atom stereocenters. The first-order chi connectivity index (χ1) is 10.0. The molecule has 0 fully saturated rings. The zero-order chi connectivity index (χ0) is 16.8. The van der Waals surface area contributed by atoms with Gasteiger partial charge >= 0.3 is 0 Å². The number of aliphatic hydroxyl groups excluding tert-OH is 1. The molecule has 124 valence electrons. The Kier molecular flexibility index (Phi) is 19.6. The second-order valence-corrected chi connectivity index (χ2v) is 4.20. The van der Waals surface area contributed by atoms with Crippen LogP contribution in [0.4, 0.5) is 5.69 Å². The third kappa shape index (κ3) is 9.98. The summed E-state index contributed by atoms with van der Waals surface area (Å²) in [5.41, 5.74) is 1.03. The van der Waals surface area contributed by atoms with Crippen molar-refractivity contribution in [3.05, 3.63) is 28.2 Å². The number of aliphatic hydroxyl groups is 1. The van der Waals surface area contributed by atoms with Gasteiger partial charge in [-0.05, 0) is 25.1 Å². The van der Waals surface area contributed by atoms with Crippen LogP contribution in [0.2, 0.25) is 0 Å². The number of halogens is 1. The van der Waals surface area contributed by atoms with Crippen molar-refractivity contribution in [3.63, 3.8) is 0 Å². The summed E-state index contributed by atoms with van der Waals surface area (Å²) in [5, 5.41) is 10.0. The predicted octanol–water partition coefficient (Wildman–Crippen LogP) is 3.11. The number of hydrogen-bond donors (Lipinski definition) is 2. The van der Waals surface area contributed by atoms with Crippen molar-refractivity contribution in [2.75, 3.05) is 11.9 Å². The molecule has 0 saturated carbocycles. The molecule has 2 N–H and O–H groups in total. The monoisotopic (exact) mass is 542 g/mol. The van der Waals surface area contributed by atoms with Crippen LogP contribution in [-0.2, 0) is 30.7 Å². The van der Waals surface area contributed by atoms with Crippen LogP contribution in [0, 0.1) is 0 Å². The normalized spacial score (nSPS) is 10.1. The quantitative estimate of drug-likeness (QED) is 0.422. The van der Waals surface area contributed by atoms with Crippen LogP contribution in [0.3, 0.4) is 0 Å². The van der Waals surface area contributed by atoms with Gasteiger partial charge < -0.3 is 15.2 Å². The topological polar surface area (TPSA) is 83.5 Å². The van der Waals surface area contributed by atoms with E-state index >= 15 is 0 Å². The van der Waals surface area contributed by atoms with Gasteiger partial charge in [-0.2, -0.15) is 6.42 Å². The molecule has 1 aromatic rings. The Morgan fingerprint density at radius 2 is 1.68 bits per heavy atom. The fourth-order valence-electron chi connectivity index (χ4n) is 1.11. The summed E-state index contributed by atoms with van der Waals surface area (Å²) in [6.45, 7) is 7.69. The molecule has 7 heteroatoms. The summed E-state index contributed by atoms with van der Waals surface area (Å²) < 4.78 is 0.797. The van der Waals surface area contributed by atoms with Gasteiger partial charge in [-0.15, -0.1) is 0 Å². The second-order valence-electron chi connectivity index (χ2n) is 3.29. The van der Waals surface area contributed by atoms with Crippen LogP contribution >= 0.6 is 15.9 Å². The average Bonchev–Trinajstić information content (AvgIpc) is 2.78. The number of nitrogens with one attached hydrogen (secondary N) is 1. The van der Waals surface area contributed by atoms with Gasteiger partial charge in [0.15, 0.2) is 0 Å². The van der Waals surface area contributed by atoms with Crippen LogP contribution in [0.25, 0.3) is 0 Å². The minimum Gasteiger partial charge on any atom is -0.542 e. The molecule has 1 heterocycles. The number of ketones is 1. The molecule has 2 rings (SSSR count). The van der Waals surface area contributed by atoms with Crippen molar-refractivity contribution in [2.45, 2.75) is 34.1 Å². The number of carbonyl (C=O) groups is 2. The maximum Gasteiger partial charge on any atom is 0.296 e. The van der Waals surface area contributed by atoms with Crippen molar-refractivity contribution >= 4 is 39.6 Å². The molecular formula is C15H21BrNO4W-. The number of benzene rings is 1. The number of hydrogen-bond acceptors (Lipinski definition) is 4. The van der Waals surface area contributed by atoms with E-state index in [-0.39, 0.29) is 27.7 Å². The number of carbonyl (C=O) groups excluding carboxylic acids is 3. The number of anilines is 1. The zero-order valence-corrected chi connectivity index (χ0v) is 17.6. The van der Waals surface area contributed by atoms with Gasteiger partial charge in [0.05, 0.1) is 11.3 Å². The van der Waals surface area contributed by atoms with Crippen molar-refractivity contribution in [2.24, 2.45) is 0 Å². The molecule has 22 heavy (non-hydrogen) atoms. The molecule has 0 radical (unpaired) electrons. The fourth-order valence-corrected chi connectivity index (χ4v) is 1.48. The summed E-state index contributed by atoms with van der Waals surface area (Å²) in [5.74, 6) is -1.02. The molecule has 0 unspecified atom stereocenters. The Labute approximate surface area is 154 Å². The SMILES string of the molecule is CC.CCO.CC[C-]=O.O=C1Nc2ccc(Br)cc2C1=O.[W]. The Balaban J connectivity index is -0.000000308. The zero-order valence-electron chi connectivity index (χ0n) is 13.1. The van der Waals surface area contributed by atoms with Crippen molar-refractivity contribution in [1.82, 2.24) is 0 Å². The van der Waals surface area contributed by atoms with Gasteiger partial charge in [0.25, 0.3) is 11.7 Å². The maximum atomic E-state index is 11.1. The number of Topliss-reactive ketones (excluding diaryl/α,β-unsaturated/α-hetero) is 1. The van der Waals surface area contributed by atoms with Gasteiger partial charge in [0, 0.05) is 32.1 Å². The van der Waals surface area contributed by atoms with E-state index in [9.17, 15) is 9.59 Å². The van der Waals surface area contributed by atoms with Gasteiger partial charge in [-0.3, -0.25) is 15.9 Å². The molecule has 1 aromatic carbocycles. The Morgan fingerprint density at radius 1 is 1.23 bits per heavy atom. The maximum absolute atomic E-state index is 11.1. The van der Waals surface area contributed by atoms with E-state index in [1.165, 1.54) is 0 Å². The van der Waals surface area contributed by atoms with E-state index in [4.69, 9.17) is 9.90 Å². The second kappa shape index (κ2) is 16.5. The molecule has 5 nitrogen and oxygen atoms in total. The first-order valence-corrected chi connectivity index (χ1v) is 7.42. The minimum atomic E-state index is -0.553. The average molecular weight is 543 g/mol. The van der Waals surface area contributed by atoms with Gasteiger partial charge in [-0.25, -0.2) is 0 Å². The summed E-state index contributed by atoms with van der Waals surface area (Å²) in [6, 6.07) is 5.11. The molecule has 1 amide bonds. The molecule has 0 aliphatic carbocycles. The first-order valence-electron chi connectivity index (χ1n) is 6.62.